The summed E-state index contributed by atoms with van der Waals surface area (Å²) in [7, 11) is 1.54. The SMILES string of the molecule is COc1ccc(C(=O)NC2CCC(O)CC2)cc1N. The smallest absolute Gasteiger partial charge is 0.251 e. The Morgan fingerprint density at radius 3 is 2.63 bits per heavy atom. The molecule has 0 aliphatic heterocycles. The molecule has 1 aliphatic rings. The number of aliphatic hydroxyl groups is 1. The Labute approximate surface area is 112 Å². The van der Waals surface area contributed by atoms with Gasteiger partial charge >= 0.3 is 0 Å². The molecule has 5 heteroatoms. The third-order valence-electron chi connectivity index (χ3n) is 3.52. The van der Waals surface area contributed by atoms with Crippen LogP contribution in [0.3, 0.4) is 0 Å². The van der Waals surface area contributed by atoms with Crippen LogP contribution in [0.2, 0.25) is 0 Å². The fourth-order valence-corrected chi connectivity index (χ4v) is 2.36. The van der Waals surface area contributed by atoms with E-state index in [-0.39, 0.29) is 18.1 Å². The van der Waals surface area contributed by atoms with Crippen molar-refractivity contribution in [2.75, 3.05) is 12.8 Å². The first-order valence-corrected chi connectivity index (χ1v) is 6.52. The first kappa shape index (κ1) is 13.7. The van der Waals surface area contributed by atoms with Crippen LogP contribution in [-0.4, -0.2) is 30.3 Å². The second kappa shape index (κ2) is 5.93. The maximum absolute atomic E-state index is 12.1. The number of hydrogen-bond donors (Lipinski definition) is 3. The van der Waals surface area contributed by atoms with E-state index in [1.807, 2.05) is 0 Å². The summed E-state index contributed by atoms with van der Waals surface area (Å²) in [5.41, 5.74) is 6.77. The van der Waals surface area contributed by atoms with Crippen molar-refractivity contribution in [3.05, 3.63) is 23.8 Å². The van der Waals surface area contributed by atoms with E-state index in [4.69, 9.17) is 10.5 Å². The molecule has 1 saturated carbocycles. The van der Waals surface area contributed by atoms with Crippen LogP contribution in [0, 0.1) is 0 Å². The zero-order valence-electron chi connectivity index (χ0n) is 11.1. The second-order valence-electron chi connectivity index (χ2n) is 4.94. The minimum absolute atomic E-state index is 0.129. The summed E-state index contributed by atoms with van der Waals surface area (Å²) in [4.78, 5) is 12.1. The molecule has 1 amide bonds. The van der Waals surface area contributed by atoms with Crippen molar-refractivity contribution in [2.45, 2.75) is 37.8 Å². The average Bonchev–Trinajstić information content (AvgIpc) is 2.41. The molecule has 1 aliphatic carbocycles. The van der Waals surface area contributed by atoms with Gasteiger partial charge in [-0.3, -0.25) is 4.79 Å². The van der Waals surface area contributed by atoms with Crippen molar-refractivity contribution in [1.82, 2.24) is 5.32 Å². The minimum Gasteiger partial charge on any atom is -0.495 e. The highest BCUT2D eigenvalue weighted by atomic mass is 16.5. The van der Waals surface area contributed by atoms with E-state index in [1.54, 1.807) is 25.3 Å². The Morgan fingerprint density at radius 1 is 1.37 bits per heavy atom. The molecule has 104 valence electrons. The molecule has 0 aromatic heterocycles. The van der Waals surface area contributed by atoms with E-state index < -0.39 is 0 Å². The largest absolute Gasteiger partial charge is 0.495 e. The molecule has 5 nitrogen and oxygen atoms in total. The predicted octanol–water partition coefficient (Wildman–Crippen LogP) is 1.31. The maximum atomic E-state index is 12.1. The van der Waals surface area contributed by atoms with Gasteiger partial charge in [-0.1, -0.05) is 0 Å². The Morgan fingerprint density at radius 2 is 2.05 bits per heavy atom. The highest BCUT2D eigenvalue weighted by Gasteiger charge is 2.21. The topological polar surface area (TPSA) is 84.6 Å². The molecular weight excluding hydrogens is 244 g/mol. The number of benzene rings is 1. The van der Waals surface area contributed by atoms with E-state index in [9.17, 15) is 9.90 Å². The number of carbonyl (C=O) groups excluding carboxylic acids is 1. The number of ether oxygens (including phenoxy) is 1. The fourth-order valence-electron chi connectivity index (χ4n) is 2.36. The molecule has 0 bridgehead atoms. The van der Waals surface area contributed by atoms with E-state index in [2.05, 4.69) is 5.32 Å². The Kier molecular flexibility index (Phi) is 4.27. The normalized spacial score (nSPS) is 22.8. The zero-order valence-corrected chi connectivity index (χ0v) is 11.1. The van der Waals surface area contributed by atoms with Gasteiger partial charge in [0.05, 0.1) is 18.9 Å². The number of anilines is 1. The van der Waals surface area contributed by atoms with Crippen molar-refractivity contribution >= 4 is 11.6 Å². The summed E-state index contributed by atoms with van der Waals surface area (Å²) >= 11 is 0. The summed E-state index contributed by atoms with van der Waals surface area (Å²) in [5.74, 6) is 0.438. The maximum Gasteiger partial charge on any atom is 0.251 e. The second-order valence-corrected chi connectivity index (χ2v) is 4.94. The molecule has 1 aromatic rings. The highest BCUT2D eigenvalue weighted by molar-refractivity contribution is 5.95. The highest BCUT2D eigenvalue weighted by Crippen LogP contribution is 2.23. The number of rotatable bonds is 3. The molecule has 0 heterocycles. The molecule has 0 atom stereocenters. The molecular formula is C14H20N2O3. The standard InChI is InChI=1S/C14H20N2O3/c1-19-13-7-2-9(8-12(13)15)14(18)16-10-3-5-11(17)6-4-10/h2,7-8,10-11,17H,3-6,15H2,1H3,(H,16,18). The number of hydrogen-bond acceptors (Lipinski definition) is 4. The summed E-state index contributed by atoms with van der Waals surface area (Å²) < 4.78 is 5.06. The van der Waals surface area contributed by atoms with E-state index >= 15 is 0 Å². The minimum atomic E-state index is -0.218. The number of aliphatic hydroxyl groups excluding tert-OH is 1. The number of methoxy groups -OCH3 is 1. The van der Waals surface area contributed by atoms with Crippen LogP contribution in [0.1, 0.15) is 36.0 Å². The summed E-state index contributed by atoms with van der Waals surface area (Å²) in [5, 5.41) is 12.4. The van der Waals surface area contributed by atoms with Crippen LogP contribution in [0.25, 0.3) is 0 Å². The summed E-state index contributed by atoms with van der Waals surface area (Å²) in [6.45, 7) is 0. The van der Waals surface area contributed by atoms with Crippen LogP contribution >= 0.6 is 0 Å². The number of amides is 1. The Hall–Kier alpha value is -1.75. The molecule has 1 fully saturated rings. The third-order valence-corrected chi connectivity index (χ3v) is 3.52. The van der Waals surface area contributed by atoms with Crippen molar-refractivity contribution in [2.24, 2.45) is 0 Å². The summed E-state index contributed by atoms with van der Waals surface area (Å²) in [6.07, 6.45) is 2.91. The summed E-state index contributed by atoms with van der Waals surface area (Å²) in [6, 6.07) is 5.14. The third kappa shape index (κ3) is 3.38. The van der Waals surface area contributed by atoms with Crippen molar-refractivity contribution in [3.63, 3.8) is 0 Å². The van der Waals surface area contributed by atoms with Gasteiger partial charge in [0, 0.05) is 11.6 Å². The van der Waals surface area contributed by atoms with Crippen LogP contribution in [0.5, 0.6) is 5.75 Å². The van der Waals surface area contributed by atoms with Gasteiger partial charge in [-0.2, -0.15) is 0 Å². The van der Waals surface area contributed by atoms with Gasteiger partial charge < -0.3 is 20.9 Å². The first-order valence-electron chi connectivity index (χ1n) is 6.52. The van der Waals surface area contributed by atoms with Crippen molar-refractivity contribution in [1.29, 1.82) is 0 Å². The zero-order chi connectivity index (χ0) is 13.8. The Bertz CT molecular complexity index is 454. The number of nitrogen functional groups attached to an aromatic ring is 1. The molecule has 4 N–H and O–H groups in total. The van der Waals surface area contributed by atoms with E-state index in [0.29, 0.717) is 17.0 Å². The van der Waals surface area contributed by atoms with Crippen molar-refractivity contribution < 1.29 is 14.6 Å². The molecule has 0 radical (unpaired) electrons. The van der Waals surface area contributed by atoms with Gasteiger partial charge in [0.25, 0.3) is 5.91 Å². The van der Waals surface area contributed by atoms with Crippen LogP contribution < -0.4 is 15.8 Å². The van der Waals surface area contributed by atoms with Gasteiger partial charge in [-0.15, -0.1) is 0 Å². The van der Waals surface area contributed by atoms with Crippen LogP contribution in [-0.2, 0) is 0 Å². The quantitative estimate of drug-likeness (QED) is 0.719. The average molecular weight is 264 g/mol. The lowest BCUT2D eigenvalue weighted by Crippen LogP contribution is -2.38. The lowest BCUT2D eigenvalue weighted by atomic mass is 9.93. The van der Waals surface area contributed by atoms with E-state index in [0.717, 1.165) is 25.7 Å². The molecule has 1 aromatic carbocycles. The van der Waals surface area contributed by atoms with Crippen molar-refractivity contribution in [3.8, 4) is 5.75 Å². The molecule has 0 saturated heterocycles. The number of nitrogens with two attached hydrogens (primary N) is 1. The molecule has 2 rings (SSSR count). The lowest BCUT2D eigenvalue weighted by Gasteiger charge is -2.26. The van der Waals surface area contributed by atoms with E-state index in [1.165, 1.54) is 0 Å². The number of nitrogens with one attached hydrogen (secondary N) is 1. The predicted molar refractivity (Wildman–Crippen MR) is 73.1 cm³/mol. The monoisotopic (exact) mass is 264 g/mol. The fraction of sp³-hybridized carbons (Fsp3) is 0.500. The molecule has 19 heavy (non-hydrogen) atoms. The first-order chi connectivity index (χ1) is 9.10. The van der Waals surface area contributed by atoms with Crippen LogP contribution in [0.15, 0.2) is 18.2 Å². The molecule has 0 spiro atoms. The lowest BCUT2D eigenvalue weighted by molar-refractivity contribution is 0.0867. The molecule has 0 unspecified atom stereocenters. The van der Waals surface area contributed by atoms with Crippen LogP contribution in [0.4, 0.5) is 5.69 Å². The van der Waals surface area contributed by atoms with Gasteiger partial charge in [-0.25, -0.2) is 0 Å². The van der Waals surface area contributed by atoms with Gasteiger partial charge in [0.2, 0.25) is 0 Å². The van der Waals surface area contributed by atoms with Gasteiger partial charge in [0.1, 0.15) is 5.75 Å². The van der Waals surface area contributed by atoms with Gasteiger partial charge in [-0.05, 0) is 43.9 Å². The number of carbonyl (C=O) groups is 1. The van der Waals surface area contributed by atoms with Gasteiger partial charge in [0.15, 0.2) is 0 Å². The Balaban J connectivity index is 1.98.